The summed E-state index contributed by atoms with van der Waals surface area (Å²) in [6, 6.07) is 8.65. The fourth-order valence-corrected chi connectivity index (χ4v) is 2.61. The standard InChI is InChI=1S/C14H23ClN2/c1-5-17(10(2)3)14(11(4)16)12-8-6-7-9-13(12)15/h6-11,14H,5,16H2,1-4H3. The second kappa shape index (κ2) is 6.39. The third-order valence-corrected chi connectivity index (χ3v) is 3.45. The minimum atomic E-state index is 0.0530. The van der Waals surface area contributed by atoms with E-state index in [1.165, 1.54) is 0 Å². The number of benzene rings is 1. The smallest absolute Gasteiger partial charge is 0.0513 e. The van der Waals surface area contributed by atoms with Crippen LogP contribution in [0.15, 0.2) is 24.3 Å². The van der Waals surface area contributed by atoms with Gasteiger partial charge in [0.2, 0.25) is 0 Å². The van der Waals surface area contributed by atoms with Crippen LogP contribution in [-0.4, -0.2) is 23.5 Å². The first-order valence-corrected chi connectivity index (χ1v) is 6.62. The molecule has 2 nitrogen and oxygen atoms in total. The first kappa shape index (κ1) is 14.5. The van der Waals surface area contributed by atoms with E-state index < -0.39 is 0 Å². The molecule has 0 amide bonds. The molecule has 1 aromatic carbocycles. The summed E-state index contributed by atoms with van der Waals surface area (Å²) in [5.41, 5.74) is 7.28. The van der Waals surface area contributed by atoms with E-state index >= 15 is 0 Å². The van der Waals surface area contributed by atoms with Crippen molar-refractivity contribution in [3.63, 3.8) is 0 Å². The molecule has 0 aliphatic carbocycles. The number of rotatable bonds is 5. The fraction of sp³-hybridized carbons (Fsp3) is 0.571. The zero-order valence-electron chi connectivity index (χ0n) is 11.2. The molecule has 1 aromatic rings. The van der Waals surface area contributed by atoms with E-state index in [-0.39, 0.29) is 12.1 Å². The van der Waals surface area contributed by atoms with E-state index in [0.29, 0.717) is 6.04 Å². The molecule has 0 aliphatic heterocycles. The number of hydrogen-bond acceptors (Lipinski definition) is 2. The SMILES string of the molecule is CCN(C(C)C)C(c1ccccc1Cl)C(C)N. The van der Waals surface area contributed by atoms with Gasteiger partial charge in [0.05, 0.1) is 6.04 Å². The molecule has 0 aliphatic rings. The van der Waals surface area contributed by atoms with Gasteiger partial charge in [0.15, 0.2) is 0 Å². The summed E-state index contributed by atoms with van der Waals surface area (Å²) >= 11 is 6.29. The van der Waals surface area contributed by atoms with Crippen LogP contribution in [0.5, 0.6) is 0 Å². The number of nitrogens with two attached hydrogens (primary N) is 1. The highest BCUT2D eigenvalue weighted by Gasteiger charge is 2.26. The molecule has 0 saturated heterocycles. The van der Waals surface area contributed by atoms with E-state index in [4.69, 9.17) is 17.3 Å². The summed E-state index contributed by atoms with van der Waals surface area (Å²) in [6.45, 7) is 9.55. The molecule has 1 rings (SSSR count). The van der Waals surface area contributed by atoms with Crippen molar-refractivity contribution in [1.29, 1.82) is 0 Å². The molecule has 0 fully saturated rings. The highest BCUT2D eigenvalue weighted by Crippen LogP contribution is 2.30. The molecule has 0 heterocycles. The Morgan fingerprint density at radius 2 is 1.82 bits per heavy atom. The largest absolute Gasteiger partial charge is 0.326 e. The number of halogens is 1. The van der Waals surface area contributed by atoms with Crippen molar-refractivity contribution >= 4 is 11.6 Å². The average molecular weight is 255 g/mol. The molecule has 3 heteroatoms. The Morgan fingerprint density at radius 3 is 2.24 bits per heavy atom. The van der Waals surface area contributed by atoms with Crippen molar-refractivity contribution in [2.75, 3.05) is 6.54 Å². The van der Waals surface area contributed by atoms with Crippen LogP contribution in [0.4, 0.5) is 0 Å². The van der Waals surface area contributed by atoms with Crippen LogP contribution in [-0.2, 0) is 0 Å². The second-order valence-corrected chi connectivity index (χ2v) is 5.16. The number of hydrogen-bond donors (Lipinski definition) is 1. The van der Waals surface area contributed by atoms with Crippen LogP contribution >= 0.6 is 11.6 Å². The predicted molar refractivity (Wildman–Crippen MR) is 75.4 cm³/mol. The molecular weight excluding hydrogens is 232 g/mol. The van der Waals surface area contributed by atoms with E-state index in [9.17, 15) is 0 Å². The maximum absolute atomic E-state index is 6.29. The second-order valence-electron chi connectivity index (χ2n) is 4.75. The molecule has 96 valence electrons. The molecule has 0 radical (unpaired) electrons. The van der Waals surface area contributed by atoms with Crippen LogP contribution in [0.1, 0.15) is 39.3 Å². The normalized spacial score (nSPS) is 15.3. The van der Waals surface area contributed by atoms with E-state index in [1.54, 1.807) is 0 Å². The molecule has 2 atom stereocenters. The van der Waals surface area contributed by atoms with Crippen molar-refractivity contribution in [1.82, 2.24) is 4.90 Å². The summed E-state index contributed by atoms with van der Waals surface area (Å²) in [7, 11) is 0. The number of likely N-dealkylation sites (N-methyl/N-ethyl adjacent to an activating group) is 1. The molecule has 0 saturated carbocycles. The van der Waals surface area contributed by atoms with Gasteiger partial charge in [-0.2, -0.15) is 0 Å². The monoisotopic (exact) mass is 254 g/mol. The Bertz CT molecular complexity index is 350. The van der Waals surface area contributed by atoms with Gasteiger partial charge in [0, 0.05) is 17.1 Å². The van der Waals surface area contributed by atoms with Crippen LogP contribution < -0.4 is 5.73 Å². The minimum Gasteiger partial charge on any atom is -0.326 e. The zero-order valence-corrected chi connectivity index (χ0v) is 11.9. The first-order valence-electron chi connectivity index (χ1n) is 6.24. The summed E-state index contributed by atoms with van der Waals surface area (Å²) in [6.07, 6.45) is 0. The van der Waals surface area contributed by atoms with E-state index in [2.05, 4.69) is 31.7 Å². The summed E-state index contributed by atoms with van der Waals surface area (Å²) in [4.78, 5) is 2.38. The maximum Gasteiger partial charge on any atom is 0.0513 e. The third-order valence-electron chi connectivity index (χ3n) is 3.11. The molecule has 0 aromatic heterocycles. The minimum absolute atomic E-state index is 0.0530. The van der Waals surface area contributed by atoms with E-state index in [0.717, 1.165) is 17.1 Å². The van der Waals surface area contributed by atoms with Gasteiger partial charge in [-0.1, -0.05) is 36.7 Å². The fourth-order valence-electron chi connectivity index (χ4n) is 2.36. The molecule has 2 unspecified atom stereocenters. The van der Waals surface area contributed by atoms with Crippen LogP contribution in [0.25, 0.3) is 0 Å². The van der Waals surface area contributed by atoms with Crippen molar-refractivity contribution in [3.05, 3.63) is 34.9 Å². The van der Waals surface area contributed by atoms with Gasteiger partial charge >= 0.3 is 0 Å². The molecule has 0 spiro atoms. The highest BCUT2D eigenvalue weighted by molar-refractivity contribution is 6.31. The highest BCUT2D eigenvalue weighted by atomic mass is 35.5. The van der Waals surface area contributed by atoms with Crippen LogP contribution in [0, 0.1) is 0 Å². The van der Waals surface area contributed by atoms with Gasteiger partial charge < -0.3 is 5.73 Å². The average Bonchev–Trinajstić information content (AvgIpc) is 2.26. The van der Waals surface area contributed by atoms with Gasteiger partial charge in [0.1, 0.15) is 0 Å². The lowest BCUT2D eigenvalue weighted by Gasteiger charge is -2.37. The topological polar surface area (TPSA) is 29.3 Å². The summed E-state index contributed by atoms with van der Waals surface area (Å²) in [5, 5.41) is 0.800. The number of nitrogens with zero attached hydrogens (tertiary/aromatic N) is 1. The Hall–Kier alpha value is -0.570. The lowest BCUT2D eigenvalue weighted by Crippen LogP contribution is -2.43. The van der Waals surface area contributed by atoms with Crippen molar-refractivity contribution in [2.45, 2.75) is 45.8 Å². The van der Waals surface area contributed by atoms with Crippen LogP contribution in [0.3, 0.4) is 0 Å². The van der Waals surface area contributed by atoms with Gasteiger partial charge in [-0.15, -0.1) is 0 Å². The van der Waals surface area contributed by atoms with Crippen molar-refractivity contribution in [3.8, 4) is 0 Å². The van der Waals surface area contributed by atoms with Crippen LogP contribution in [0.2, 0.25) is 5.02 Å². The Labute approximate surface area is 110 Å². The quantitative estimate of drug-likeness (QED) is 0.872. The summed E-state index contributed by atoms with van der Waals surface area (Å²) < 4.78 is 0. The maximum atomic E-state index is 6.29. The molecule has 2 N–H and O–H groups in total. The third kappa shape index (κ3) is 3.44. The molecule has 17 heavy (non-hydrogen) atoms. The Balaban J connectivity index is 3.13. The lowest BCUT2D eigenvalue weighted by atomic mass is 9.98. The van der Waals surface area contributed by atoms with Crippen molar-refractivity contribution in [2.24, 2.45) is 5.73 Å². The van der Waals surface area contributed by atoms with Gasteiger partial charge in [-0.05, 0) is 38.9 Å². The lowest BCUT2D eigenvalue weighted by molar-refractivity contribution is 0.144. The predicted octanol–water partition coefficient (Wildman–Crippen LogP) is 3.46. The molecular formula is C14H23ClN2. The summed E-state index contributed by atoms with van der Waals surface area (Å²) in [5.74, 6) is 0. The van der Waals surface area contributed by atoms with Gasteiger partial charge in [-0.25, -0.2) is 0 Å². The Morgan fingerprint density at radius 1 is 1.24 bits per heavy atom. The zero-order chi connectivity index (χ0) is 13.0. The van der Waals surface area contributed by atoms with Gasteiger partial charge in [-0.3, -0.25) is 4.90 Å². The Kier molecular flexibility index (Phi) is 5.44. The van der Waals surface area contributed by atoms with Crippen molar-refractivity contribution < 1.29 is 0 Å². The first-order chi connectivity index (χ1) is 7.99. The van der Waals surface area contributed by atoms with Gasteiger partial charge in [0.25, 0.3) is 0 Å². The molecule has 0 bridgehead atoms. The van der Waals surface area contributed by atoms with E-state index in [1.807, 2.05) is 25.1 Å².